The lowest BCUT2D eigenvalue weighted by atomic mass is 9.67. The molecule has 172 valence electrons. The SMILES string of the molecule is CC(C)(C)C(C)(C)CCCCCCCCCOc1ccc(Nc2ccc(F)cc2)cc1. The van der Waals surface area contributed by atoms with Gasteiger partial charge in [-0.25, -0.2) is 4.39 Å². The second-order valence-electron chi connectivity index (χ2n) is 10.4. The normalized spacial score (nSPS) is 12.1. The minimum Gasteiger partial charge on any atom is -0.494 e. The van der Waals surface area contributed by atoms with Gasteiger partial charge in [0.2, 0.25) is 0 Å². The third-order valence-electron chi connectivity index (χ3n) is 6.73. The van der Waals surface area contributed by atoms with Gasteiger partial charge in [0, 0.05) is 11.4 Å². The Morgan fingerprint density at radius 2 is 1.16 bits per heavy atom. The molecule has 2 rings (SSSR count). The molecule has 0 spiro atoms. The average molecular weight is 428 g/mol. The van der Waals surface area contributed by atoms with E-state index in [4.69, 9.17) is 4.74 Å². The van der Waals surface area contributed by atoms with Crippen molar-refractivity contribution in [1.29, 1.82) is 0 Å². The van der Waals surface area contributed by atoms with Crippen LogP contribution in [-0.4, -0.2) is 6.61 Å². The lowest BCUT2D eigenvalue weighted by Gasteiger charge is -2.39. The zero-order chi connectivity index (χ0) is 22.7. The molecule has 0 aliphatic carbocycles. The summed E-state index contributed by atoms with van der Waals surface area (Å²) in [6.07, 6.45) is 10.3. The van der Waals surface area contributed by atoms with Crippen LogP contribution >= 0.6 is 0 Å². The highest BCUT2D eigenvalue weighted by Crippen LogP contribution is 2.41. The molecule has 1 N–H and O–H groups in total. The van der Waals surface area contributed by atoms with Crippen molar-refractivity contribution < 1.29 is 9.13 Å². The number of ether oxygens (including phenoxy) is 1. The van der Waals surface area contributed by atoms with Gasteiger partial charge in [-0.15, -0.1) is 0 Å². The summed E-state index contributed by atoms with van der Waals surface area (Å²) in [6.45, 7) is 12.6. The van der Waals surface area contributed by atoms with Gasteiger partial charge in [-0.2, -0.15) is 0 Å². The van der Waals surface area contributed by atoms with Crippen LogP contribution < -0.4 is 10.1 Å². The molecule has 0 atom stereocenters. The lowest BCUT2D eigenvalue weighted by Crippen LogP contribution is -2.29. The van der Waals surface area contributed by atoms with Crippen molar-refractivity contribution in [2.45, 2.75) is 86.0 Å². The van der Waals surface area contributed by atoms with Crippen molar-refractivity contribution in [2.75, 3.05) is 11.9 Å². The molecule has 2 aromatic carbocycles. The molecule has 0 fully saturated rings. The van der Waals surface area contributed by atoms with Crippen molar-refractivity contribution >= 4 is 11.4 Å². The molecule has 0 aliphatic rings. The first-order valence-electron chi connectivity index (χ1n) is 11.9. The smallest absolute Gasteiger partial charge is 0.123 e. The van der Waals surface area contributed by atoms with Crippen molar-refractivity contribution in [1.82, 2.24) is 0 Å². The Hall–Kier alpha value is -2.03. The zero-order valence-electron chi connectivity index (χ0n) is 20.3. The number of rotatable bonds is 13. The Bertz CT molecular complexity index is 744. The van der Waals surface area contributed by atoms with Gasteiger partial charge in [-0.3, -0.25) is 0 Å². The molecule has 2 nitrogen and oxygen atoms in total. The topological polar surface area (TPSA) is 21.3 Å². The van der Waals surface area contributed by atoms with Crippen LogP contribution in [-0.2, 0) is 0 Å². The highest BCUT2D eigenvalue weighted by atomic mass is 19.1. The summed E-state index contributed by atoms with van der Waals surface area (Å²) < 4.78 is 18.8. The van der Waals surface area contributed by atoms with Gasteiger partial charge in [0.15, 0.2) is 0 Å². The standard InChI is InChI=1S/C28H42FNO/c1-27(2,3)28(4,5)21-11-9-7-6-8-10-12-22-31-26-19-17-25(18-20-26)30-24-15-13-23(29)14-16-24/h13-20,30H,6-12,21-22H2,1-5H3. The van der Waals surface area contributed by atoms with Crippen LogP contribution in [0.15, 0.2) is 48.5 Å². The van der Waals surface area contributed by atoms with E-state index in [1.165, 1.54) is 57.1 Å². The van der Waals surface area contributed by atoms with Crippen LogP contribution in [0.1, 0.15) is 86.0 Å². The first kappa shape index (κ1) is 25.2. The minimum absolute atomic E-state index is 0.227. The van der Waals surface area contributed by atoms with E-state index in [0.29, 0.717) is 10.8 Å². The highest BCUT2D eigenvalue weighted by Gasteiger charge is 2.31. The molecule has 0 unspecified atom stereocenters. The van der Waals surface area contributed by atoms with Gasteiger partial charge in [-0.05, 0) is 72.2 Å². The fraction of sp³-hybridized carbons (Fsp3) is 0.571. The second-order valence-corrected chi connectivity index (χ2v) is 10.4. The first-order chi connectivity index (χ1) is 14.7. The molecule has 0 saturated heterocycles. The molecule has 0 radical (unpaired) electrons. The van der Waals surface area contributed by atoms with E-state index in [-0.39, 0.29) is 5.82 Å². The fourth-order valence-electron chi connectivity index (χ4n) is 3.45. The Kier molecular flexibility index (Phi) is 9.87. The molecule has 0 bridgehead atoms. The summed E-state index contributed by atoms with van der Waals surface area (Å²) in [5, 5.41) is 3.26. The number of unbranched alkanes of at least 4 members (excludes halogenated alkanes) is 6. The van der Waals surface area contributed by atoms with E-state index >= 15 is 0 Å². The molecular weight excluding hydrogens is 385 g/mol. The molecule has 3 heteroatoms. The van der Waals surface area contributed by atoms with Crippen LogP contribution in [0.3, 0.4) is 0 Å². The summed E-state index contributed by atoms with van der Waals surface area (Å²) >= 11 is 0. The third kappa shape index (κ3) is 9.33. The molecule has 31 heavy (non-hydrogen) atoms. The minimum atomic E-state index is -0.227. The van der Waals surface area contributed by atoms with E-state index in [1.807, 2.05) is 24.3 Å². The largest absolute Gasteiger partial charge is 0.494 e. The van der Waals surface area contributed by atoms with Gasteiger partial charge in [0.05, 0.1) is 6.61 Å². The van der Waals surface area contributed by atoms with Crippen molar-refractivity contribution in [3.8, 4) is 5.75 Å². The predicted molar refractivity (Wildman–Crippen MR) is 132 cm³/mol. The molecule has 0 amide bonds. The Balaban J connectivity index is 1.51. The number of halogens is 1. The number of benzene rings is 2. The van der Waals surface area contributed by atoms with Crippen molar-refractivity contribution in [2.24, 2.45) is 10.8 Å². The van der Waals surface area contributed by atoms with Crippen molar-refractivity contribution in [3.63, 3.8) is 0 Å². The van der Waals surface area contributed by atoms with Gasteiger partial charge in [-0.1, -0.05) is 73.1 Å². The van der Waals surface area contributed by atoms with Crippen LogP contribution in [0.5, 0.6) is 5.75 Å². The molecule has 0 heterocycles. The molecule has 2 aromatic rings. The quantitative estimate of drug-likeness (QED) is 0.322. The zero-order valence-corrected chi connectivity index (χ0v) is 20.3. The van der Waals surface area contributed by atoms with Gasteiger partial charge >= 0.3 is 0 Å². The van der Waals surface area contributed by atoms with E-state index in [0.717, 1.165) is 30.2 Å². The predicted octanol–water partition coefficient (Wildman–Crippen LogP) is 9.14. The summed E-state index contributed by atoms with van der Waals surface area (Å²) in [7, 11) is 0. The number of hydrogen-bond acceptors (Lipinski definition) is 2. The molecular formula is C28H42FNO. The third-order valence-corrected chi connectivity index (χ3v) is 6.73. The van der Waals surface area contributed by atoms with Crippen LogP contribution in [0.25, 0.3) is 0 Å². The fourth-order valence-corrected chi connectivity index (χ4v) is 3.45. The van der Waals surface area contributed by atoms with Crippen LogP contribution in [0.2, 0.25) is 0 Å². The maximum Gasteiger partial charge on any atom is 0.123 e. The first-order valence-corrected chi connectivity index (χ1v) is 11.9. The van der Waals surface area contributed by atoms with Gasteiger partial charge in [0.25, 0.3) is 0 Å². The maximum atomic E-state index is 13.0. The van der Waals surface area contributed by atoms with Crippen LogP contribution in [0.4, 0.5) is 15.8 Å². The van der Waals surface area contributed by atoms with Crippen LogP contribution in [0, 0.1) is 16.6 Å². The summed E-state index contributed by atoms with van der Waals surface area (Å²) in [6, 6.07) is 14.3. The molecule has 0 saturated carbocycles. The van der Waals surface area contributed by atoms with E-state index in [9.17, 15) is 4.39 Å². The van der Waals surface area contributed by atoms with Gasteiger partial charge in [0.1, 0.15) is 11.6 Å². The summed E-state index contributed by atoms with van der Waals surface area (Å²) in [5.41, 5.74) is 2.63. The number of hydrogen-bond donors (Lipinski definition) is 1. The summed E-state index contributed by atoms with van der Waals surface area (Å²) in [4.78, 5) is 0. The van der Waals surface area contributed by atoms with E-state index < -0.39 is 0 Å². The molecule has 0 aromatic heterocycles. The number of nitrogens with one attached hydrogen (secondary N) is 1. The second kappa shape index (κ2) is 12.1. The van der Waals surface area contributed by atoms with E-state index in [1.54, 1.807) is 12.1 Å². The Morgan fingerprint density at radius 3 is 1.71 bits per heavy atom. The number of anilines is 2. The maximum absolute atomic E-state index is 13.0. The lowest BCUT2D eigenvalue weighted by molar-refractivity contribution is 0.115. The Labute approximate surface area is 189 Å². The average Bonchev–Trinajstić information content (AvgIpc) is 2.71. The van der Waals surface area contributed by atoms with Crippen molar-refractivity contribution in [3.05, 3.63) is 54.3 Å². The monoisotopic (exact) mass is 427 g/mol. The summed E-state index contributed by atoms with van der Waals surface area (Å²) in [5.74, 6) is 0.667. The Morgan fingerprint density at radius 1 is 0.677 bits per heavy atom. The highest BCUT2D eigenvalue weighted by molar-refractivity contribution is 5.60. The van der Waals surface area contributed by atoms with Gasteiger partial charge < -0.3 is 10.1 Å². The molecule has 0 aliphatic heterocycles. The van der Waals surface area contributed by atoms with E-state index in [2.05, 4.69) is 39.9 Å².